The molecule has 0 bridgehead atoms. The monoisotopic (exact) mass is 295 g/mol. The Hall–Kier alpha value is -2.36. The number of hydrogen-bond acceptors (Lipinski definition) is 3. The Morgan fingerprint density at radius 2 is 1.59 bits per heavy atom. The van der Waals surface area contributed by atoms with Gasteiger partial charge in [-0.25, -0.2) is 4.39 Å². The molecule has 22 heavy (non-hydrogen) atoms. The molecule has 0 aromatic heterocycles. The molecule has 1 aliphatic rings. The highest BCUT2D eigenvalue weighted by molar-refractivity contribution is 6.11. The number of hydrazone groups is 1. The Balaban J connectivity index is 2.01. The fourth-order valence-corrected chi connectivity index (χ4v) is 2.15. The second-order valence-electron chi connectivity index (χ2n) is 6.18. The Morgan fingerprint density at radius 1 is 0.955 bits per heavy atom. The number of anilines is 1. The van der Waals surface area contributed by atoms with Crippen molar-refractivity contribution in [3.05, 3.63) is 72.6 Å². The molecular weight excluding hydrogens is 277 g/mol. The van der Waals surface area contributed by atoms with Gasteiger partial charge in [-0.3, -0.25) is 9.91 Å². The van der Waals surface area contributed by atoms with E-state index in [2.05, 4.69) is 32.5 Å². The fraction of sp³-hybridized carbons (Fsp3) is 0.222. The fourth-order valence-electron chi connectivity index (χ4n) is 2.15. The minimum absolute atomic E-state index is 0.186. The summed E-state index contributed by atoms with van der Waals surface area (Å²) in [6.07, 6.45) is 0. The summed E-state index contributed by atoms with van der Waals surface area (Å²) in [6.45, 7) is 9.46. The molecule has 0 saturated heterocycles. The summed E-state index contributed by atoms with van der Waals surface area (Å²) in [5, 5.41) is 6.49. The van der Waals surface area contributed by atoms with E-state index in [0.29, 0.717) is 0 Å². The maximum Gasteiger partial charge on any atom is 0.233 e. The summed E-state index contributed by atoms with van der Waals surface area (Å²) in [7, 11) is 0. The van der Waals surface area contributed by atoms with Crippen molar-refractivity contribution in [2.24, 2.45) is 5.10 Å². The average Bonchev–Trinajstić information content (AvgIpc) is 2.94. The van der Waals surface area contributed by atoms with E-state index < -0.39 is 0 Å². The number of nitrogens with zero attached hydrogens (tertiary/aromatic N) is 3. The van der Waals surface area contributed by atoms with E-state index in [1.165, 1.54) is 12.1 Å². The summed E-state index contributed by atoms with van der Waals surface area (Å²) in [4.78, 5) is 1.86. The Labute approximate surface area is 130 Å². The molecular formula is C18H18FN3. The molecule has 0 aliphatic carbocycles. The zero-order chi connectivity index (χ0) is 15.7. The van der Waals surface area contributed by atoms with Gasteiger partial charge >= 0.3 is 0 Å². The van der Waals surface area contributed by atoms with Crippen LogP contribution in [0, 0.1) is 12.5 Å². The molecule has 1 aliphatic heterocycles. The number of amidine groups is 1. The van der Waals surface area contributed by atoms with Gasteiger partial charge in [0.15, 0.2) is 5.84 Å². The highest BCUT2D eigenvalue weighted by Crippen LogP contribution is 2.30. The molecule has 112 valence electrons. The summed E-state index contributed by atoms with van der Waals surface area (Å²) in [5.41, 5.74) is 1.64. The molecule has 0 unspecified atom stereocenters. The molecule has 2 aromatic carbocycles. The second kappa shape index (κ2) is 5.44. The predicted molar refractivity (Wildman–Crippen MR) is 86.7 cm³/mol. The molecule has 0 atom stereocenters. The van der Waals surface area contributed by atoms with Crippen molar-refractivity contribution in [1.29, 1.82) is 0 Å². The lowest BCUT2D eigenvalue weighted by Crippen LogP contribution is -2.36. The van der Waals surface area contributed by atoms with Gasteiger partial charge in [-0.2, -0.15) is 5.10 Å². The van der Waals surface area contributed by atoms with Crippen LogP contribution in [0.3, 0.4) is 0 Å². The van der Waals surface area contributed by atoms with Gasteiger partial charge in [0.2, 0.25) is 6.67 Å². The molecule has 0 amide bonds. The molecule has 0 spiro atoms. The van der Waals surface area contributed by atoms with Crippen LogP contribution in [0.4, 0.5) is 10.1 Å². The SMILES string of the molecule is CC(C)(C)N1[C]N(c2ccc(F)cc2)C(c2ccccc2)=N1. The predicted octanol–water partition coefficient (Wildman–Crippen LogP) is 4.10. The van der Waals surface area contributed by atoms with Gasteiger partial charge in [-0.05, 0) is 45.0 Å². The molecule has 0 N–H and O–H groups in total. The van der Waals surface area contributed by atoms with Crippen LogP contribution in [0.5, 0.6) is 0 Å². The number of benzene rings is 2. The van der Waals surface area contributed by atoms with E-state index in [9.17, 15) is 4.39 Å². The standard InChI is InChI=1S/C18H18FN3/c1-18(2,3)22-13-21(16-11-9-15(19)10-12-16)17(20-22)14-7-5-4-6-8-14/h4-12H,1-3H3. The number of hydrogen-bond donors (Lipinski definition) is 0. The van der Waals surface area contributed by atoms with Gasteiger partial charge < -0.3 is 0 Å². The first-order valence-corrected chi connectivity index (χ1v) is 7.21. The van der Waals surface area contributed by atoms with Crippen molar-refractivity contribution in [1.82, 2.24) is 5.01 Å². The van der Waals surface area contributed by atoms with E-state index in [-0.39, 0.29) is 11.4 Å². The van der Waals surface area contributed by atoms with Crippen LogP contribution in [0.25, 0.3) is 0 Å². The minimum Gasteiger partial charge on any atom is -0.291 e. The van der Waals surface area contributed by atoms with Crippen molar-refractivity contribution >= 4 is 11.5 Å². The van der Waals surface area contributed by atoms with Gasteiger partial charge in [0.1, 0.15) is 5.82 Å². The van der Waals surface area contributed by atoms with Gasteiger partial charge in [-0.1, -0.05) is 30.3 Å². The van der Waals surface area contributed by atoms with Crippen LogP contribution in [-0.4, -0.2) is 16.4 Å². The molecule has 3 rings (SSSR count). The van der Waals surface area contributed by atoms with Crippen LogP contribution in [0.1, 0.15) is 26.3 Å². The van der Waals surface area contributed by atoms with Gasteiger partial charge in [0.25, 0.3) is 0 Å². The van der Waals surface area contributed by atoms with Crippen molar-refractivity contribution in [3.8, 4) is 0 Å². The van der Waals surface area contributed by atoms with Crippen LogP contribution in [0.2, 0.25) is 0 Å². The first kappa shape index (κ1) is 14.6. The smallest absolute Gasteiger partial charge is 0.233 e. The lowest BCUT2D eigenvalue weighted by atomic mass is 10.1. The van der Waals surface area contributed by atoms with E-state index in [0.717, 1.165) is 17.1 Å². The van der Waals surface area contributed by atoms with Gasteiger partial charge in [-0.15, -0.1) is 0 Å². The Kier molecular flexibility index (Phi) is 3.61. The van der Waals surface area contributed by atoms with Crippen molar-refractivity contribution < 1.29 is 4.39 Å². The molecule has 2 radical (unpaired) electrons. The number of rotatable bonds is 2. The normalized spacial score (nSPS) is 15.2. The Morgan fingerprint density at radius 3 is 2.18 bits per heavy atom. The third-order valence-electron chi connectivity index (χ3n) is 3.35. The van der Waals surface area contributed by atoms with E-state index in [1.807, 2.05) is 35.2 Å². The summed E-state index contributed by atoms with van der Waals surface area (Å²) < 4.78 is 13.2. The topological polar surface area (TPSA) is 18.8 Å². The third kappa shape index (κ3) is 2.82. The second-order valence-corrected chi connectivity index (χ2v) is 6.18. The quantitative estimate of drug-likeness (QED) is 0.830. The first-order chi connectivity index (χ1) is 10.4. The third-order valence-corrected chi connectivity index (χ3v) is 3.35. The van der Waals surface area contributed by atoms with Crippen molar-refractivity contribution in [2.75, 3.05) is 4.90 Å². The van der Waals surface area contributed by atoms with Crippen LogP contribution in [-0.2, 0) is 0 Å². The zero-order valence-corrected chi connectivity index (χ0v) is 12.9. The highest BCUT2D eigenvalue weighted by Gasteiger charge is 2.33. The van der Waals surface area contributed by atoms with Crippen LogP contribution in [0.15, 0.2) is 59.7 Å². The van der Waals surface area contributed by atoms with Crippen molar-refractivity contribution in [2.45, 2.75) is 26.3 Å². The lowest BCUT2D eigenvalue weighted by Gasteiger charge is -2.29. The van der Waals surface area contributed by atoms with Gasteiger partial charge in [0.05, 0.1) is 5.54 Å². The summed E-state index contributed by atoms with van der Waals surface area (Å²) in [6, 6.07) is 16.3. The Bertz CT molecular complexity index is 672. The maximum atomic E-state index is 13.2. The van der Waals surface area contributed by atoms with Gasteiger partial charge in [0, 0.05) is 11.3 Å². The van der Waals surface area contributed by atoms with Crippen molar-refractivity contribution in [3.63, 3.8) is 0 Å². The summed E-state index contributed by atoms with van der Waals surface area (Å²) in [5.74, 6) is 0.524. The highest BCUT2D eigenvalue weighted by atomic mass is 19.1. The molecule has 2 aromatic rings. The number of halogens is 1. The van der Waals surface area contributed by atoms with E-state index >= 15 is 0 Å². The van der Waals surface area contributed by atoms with Crippen LogP contribution < -0.4 is 4.90 Å². The summed E-state index contributed by atoms with van der Waals surface area (Å²) >= 11 is 0. The molecule has 0 saturated carbocycles. The first-order valence-electron chi connectivity index (χ1n) is 7.21. The largest absolute Gasteiger partial charge is 0.291 e. The minimum atomic E-state index is -0.256. The maximum absolute atomic E-state index is 13.2. The van der Waals surface area contributed by atoms with Crippen LogP contribution >= 0.6 is 0 Å². The molecule has 3 nitrogen and oxygen atoms in total. The molecule has 4 heteroatoms. The van der Waals surface area contributed by atoms with E-state index in [4.69, 9.17) is 0 Å². The zero-order valence-electron chi connectivity index (χ0n) is 12.9. The molecule has 1 heterocycles. The van der Waals surface area contributed by atoms with E-state index in [1.54, 1.807) is 17.1 Å². The molecule has 0 fully saturated rings. The average molecular weight is 295 g/mol. The lowest BCUT2D eigenvalue weighted by molar-refractivity contribution is 0.196.